The molecular formula is C35H33N5O8. The van der Waals surface area contributed by atoms with Crippen molar-refractivity contribution < 1.29 is 38.2 Å². The Bertz CT molecular complexity index is 1850. The molecule has 0 aliphatic carbocycles. The number of anilines is 2. The number of esters is 1. The van der Waals surface area contributed by atoms with Gasteiger partial charge in [-0.2, -0.15) is 0 Å². The van der Waals surface area contributed by atoms with Crippen molar-refractivity contribution in [3.8, 4) is 0 Å². The van der Waals surface area contributed by atoms with Crippen LogP contribution in [-0.4, -0.2) is 79.8 Å². The number of amides is 4. The van der Waals surface area contributed by atoms with Crippen LogP contribution >= 0.6 is 0 Å². The van der Waals surface area contributed by atoms with Crippen molar-refractivity contribution >= 4 is 51.7 Å². The molecular weight excluding hydrogens is 618 g/mol. The number of hydrogen-bond acceptors (Lipinski definition) is 9. The third-order valence-electron chi connectivity index (χ3n) is 8.02. The Balaban J connectivity index is 1.26. The molecule has 1 fully saturated rings. The van der Waals surface area contributed by atoms with Crippen molar-refractivity contribution in [3.05, 3.63) is 102 Å². The SMILES string of the molecule is COCC(=O)N1C[C@H](NC(=O)c2nccc3ccccc23)C(=O)N(CC(=O)N[C@H]2CC(=O)O[C@H]2OCc2ccccc2)c2ccccc21. The Morgan fingerprint density at radius 1 is 0.917 bits per heavy atom. The van der Waals surface area contributed by atoms with Crippen LogP contribution < -0.4 is 20.4 Å². The summed E-state index contributed by atoms with van der Waals surface area (Å²) in [6.07, 6.45) is 0.351. The van der Waals surface area contributed by atoms with E-state index in [0.29, 0.717) is 11.1 Å². The molecule has 2 N–H and O–H groups in total. The average Bonchev–Trinajstić information content (AvgIpc) is 3.40. The zero-order chi connectivity index (χ0) is 33.6. The molecule has 0 bridgehead atoms. The van der Waals surface area contributed by atoms with Gasteiger partial charge in [-0.3, -0.25) is 33.9 Å². The Kier molecular flexibility index (Phi) is 9.69. The van der Waals surface area contributed by atoms with E-state index in [4.69, 9.17) is 14.2 Å². The van der Waals surface area contributed by atoms with Gasteiger partial charge in [-0.15, -0.1) is 0 Å². The lowest BCUT2D eigenvalue weighted by atomic mass is 10.1. The van der Waals surface area contributed by atoms with Gasteiger partial charge in [0.15, 0.2) is 0 Å². The summed E-state index contributed by atoms with van der Waals surface area (Å²) in [6.45, 7) is -0.847. The van der Waals surface area contributed by atoms with E-state index in [9.17, 15) is 24.0 Å². The Labute approximate surface area is 275 Å². The lowest BCUT2D eigenvalue weighted by molar-refractivity contribution is -0.168. The standard InChI is InChI=1S/C35H33N5O8/c1-46-21-30(42)39-18-26(38-33(44)32-24-12-6-5-11-23(24)15-16-36-32)34(45)40(28-14-8-7-13-27(28)39)19-29(41)37-25-17-31(43)48-35(25)47-20-22-9-3-2-4-10-22/h2-16,25-26,35H,17-21H2,1H3,(H,37,41)(H,38,44)/t25-,26-,35+/m0/s1. The van der Waals surface area contributed by atoms with E-state index in [0.717, 1.165) is 10.9 Å². The maximum Gasteiger partial charge on any atom is 0.310 e. The highest BCUT2D eigenvalue weighted by Gasteiger charge is 2.40. The number of para-hydroxylation sites is 2. The molecule has 0 spiro atoms. The number of rotatable bonds is 10. The number of benzene rings is 3. The maximum atomic E-state index is 14.3. The largest absolute Gasteiger partial charge is 0.433 e. The highest BCUT2D eigenvalue weighted by Crippen LogP contribution is 2.33. The minimum atomic E-state index is -1.27. The number of ether oxygens (including phenoxy) is 3. The first-order valence-electron chi connectivity index (χ1n) is 15.3. The monoisotopic (exact) mass is 651 g/mol. The maximum absolute atomic E-state index is 14.3. The number of pyridine rings is 1. The summed E-state index contributed by atoms with van der Waals surface area (Å²) in [5, 5.41) is 6.90. The smallest absolute Gasteiger partial charge is 0.310 e. The van der Waals surface area contributed by atoms with E-state index < -0.39 is 54.5 Å². The summed E-state index contributed by atoms with van der Waals surface area (Å²) in [5.41, 5.74) is 1.59. The number of carbonyl (C=O) groups excluding carboxylic acids is 5. The van der Waals surface area contributed by atoms with Gasteiger partial charge >= 0.3 is 5.97 Å². The second-order valence-electron chi connectivity index (χ2n) is 11.3. The number of cyclic esters (lactones) is 1. The number of carbonyl (C=O) groups is 5. The Morgan fingerprint density at radius 2 is 1.65 bits per heavy atom. The van der Waals surface area contributed by atoms with Crippen LogP contribution in [-0.2, 0) is 40.0 Å². The number of methoxy groups -OCH3 is 1. The molecule has 2 aliphatic heterocycles. The molecule has 246 valence electrons. The fourth-order valence-corrected chi connectivity index (χ4v) is 5.78. The van der Waals surface area contributed by atoms with Crippen molar-refractivity contribution in [1.29, 1.82) is 0 Å². The van der Waals surface area contributed by atoms with Gasteiger partial charge < -0.3 is 29.7 Å². The van der Waals surface area contributed by atoms with Gasteiger partial charge in [0.2, 0.25) is 12.2 Å². The van der Waals surface area contributed by atoms with Crippen LogP contribution in [0.1, 0.15) is 22.5 Å². The number of aromatic nitrogens is 1. The lowest BCUT2D eigenvalue weighted by Gasteiger charge is -2.26. The van der Waals surface area contributed by atoms with Gasteiger partial charge in [0.05, 0.1) is 30.9 Å². The second kappa shape index (κ2) is 14.4. The van der Waals surface area contributed by atoms with Crippen molar-refractivity contribution in [3.63, 3.8) is 0 Å². The van der Waals surface area contributed by atoms with Crippen LogP contribution in [0.15, 0.2) is 91.1 Å². The highest BCUT2D eigenvalue weighted by molar-refractivity contribution is 6.12. The second-order valence-corrected chi connectivity index (χ2v) is 11.3. The minimum absolute atomic E-state index is 0.106. The molecule has 3 atom stereocenters. The van der Waals surface area contributed by atoms with Crippen molar-refractivity contribution in [2.24, 2.45) is 0 Å². The molecule has 0 unspecified atom stereocenters. The van der Waals surface area contributed by atoms with Crippen LogP contribution in [0.25, 0.3) is 10.8 Å². The van der Waals surface area contributed by atoms with E-state index in [-0.39, 0.29) is 37.6 Å². The van der Waals surface area contributed by atoms with E-state index >= 15 is 0 Å². The molecule has 13 heteroatoms. The van der Waals surface area contributed by atoms with Gasteiger partial charge in [0.25, 0.3) is 17.7 Å². The third kappa shape index (κ3) is 7.01. The first-order valence-corrected chi connectivity index (χ1v) is 15.3. The van der Waals surface area contributed by atoms with E-state index in [1.165, 1.54) is 23.1 Å². The molecule has 2 aliphatic rings. The third-order valence-corrected chi connectivity index (χ3v) is 8.02. The predicted molar refractivity (Wildman–Crippen MR) is 174 cm³/mol. The molecule has 4 aromatic rings. The molecule has 13 nitrogen and oxygen atoms in total. The van der Waals surface area contributed by atoms with E-state index in [1.54, 1.807) is 42.5 Å². The lowest BCUT2D eigenvalue weighted by Crippen LogP contribution is -2.55. The summed E-state index contributed by atoms with van der Waals surface area (Å²) in [7, 11) is 1.38. The number of hydrogen-bond donors (Lipinski definition) is 2. The molecule has 0 radical (unpaired) electrons. The van der Waals surface area contributed by atoms with Crippen molar-refractivity contribution in [1.82, 2.24) is 15.6 Å². The number of nitrogens with zero attached hydrogens (tertiary/aromatic N) is 3. The van der Waals surface area contributed by atoms with Crippen LogP contribution in [0.3, 0.4) is 0 Å². The first-order chi connectivity index (χ1) is 23.3. The van der Waals surface area contributed by atoms with Gasteiger partial charge in [-0.1, -0.05) is 66.7 Å². The summed E-state index contributed by atoms with van der Waals surface area (Å²) >= 11 is 0. The topological polar surface area (TPSA) is 156 Å². The summed E-state index contributed by atoms with van der Waals surface area (Å²) in [6, 6.07) is 22.8. The first kappa shape index (κ1) is 32.3. The van der Waals surface area contributed by atoms with Crippen LogP contribution in [0.2, 0.25) is 0 Å². The molecule has 48 heavy (non-hydrogen) atoms. The normalized spacial score (nSPS) is 19.0. The number of nitrogens with one attached hydrogen (secondary N) is 2. The van der Waals surface area contributed by atoms with E-state index in [1.807, 2.05) is 42.5 Å². The van der Waals surface area contributed by atoms with Crippen LogP contribution in [0.4, 0.5) is 11.4 Å². The summed E-state index contributed by atoms with van der Waals surface area (Å²) < 4.78 is 16.2. The fraction of sp³-hybridized carbons (Fsp3) is 0.257. The Morgan fingerprint density at radius 3 is 2.44 bits per heavy atom. The van der Waals surface area contributed by atoms with Crippen LogP contribution in [0.5, 0.6) is 0 Å². The highest BCUT2D eigenvalue weighted by atomic mass is 16.7. The van der Waals surface area contributed by atoms with Gasteiger partial charge in [-0.05, 0) is 29.1 Å². The molecule has 0 saturated carbocycles. The molecule has 6 rings (SSSR count). The molecule has 3 heterocycles. The van der Waals surface area contributed by atoms with Gasteiger partial charge in [-0.25, -0.2) is 0 Å². The molecule has 1 aromatic heterocycles. The van der Waals surface area contributed by atoms with Crippen LogP contribution in [0, 0.1) is 0 Å². The molecule has 1 saturated heterocycles. The molecule has 4 amide bonds. The van der Waals surface area contributed by atoms with E-state index in [2.05, 4.69) is 15.6 Å². The van der Waals surface area contributed by atoms with Gasteiger partial charge in [0.1, 0.15) is 30.9 Å². The minimum Gasteiger partial charge on any atom is -0.433 e. The number of fused-ring (bicyclic) bond motifs is 2. The Hall–Kier alpha value is -5.66. The quantitative estimate of drug-likeness (QED) is 0.246. The van der Waals surface area contributed by atoms with Gasteiger partial charge in [0, 0.05) is 18.7 Å². The molecule has 3 aromatic carbocycles. The van der Waals surface area contributed by atoms with Crippen molar-refractivity contribution in [2.45, 2.75) is 31.4 Å². The summed E-state index contributed by atoms with van der Waals surface area (Å²) in [4.78, 5) is 73.8. The zero-order valence-electron chi connectivity index (χ0n) is 26.0. The predicted octanol–water partition coefficient (Wildman–Crippen LogP) is 2.33. The van der Waals surface area contributed by atoms with Crippen molar-refractivity contribution in [2.75, 3.05) is 36.6 Å². The average molecular weight is 652 g/mol. The summed E-state index contributed by atoms with van der Waals surface area (Å²) in [5.74, 6) is -2.85. The fourth-order valence-electron chi connectivity index (χ4n) is 5.78. The zero-order valence-corrected chi connectivity index (χ0v) is 26.0.